The molecule has 0 atom stereocenters. The minimum Gasteiger partial charge on any atom is -0.366 e. The molecule has 0 fully saturated rings. The quantitative estimate of drug-likeness (QED) is 0.772. The SMILES string of the molecule is Cc1cccc2cnc(Nc3cccc(C(N)=O)c3)nc12. The van der Waals surface area contributed by atoms with Crippen molar-refractivity contribution in [2.24, 2.45) is 5.73 Å². The van der Waals surface area contributed by atoms with Crippen LogP contribution in [0.25, 0.3) is 10.9 Å². The fourth-order valence-electron chi connectivity index (χ4n) is 2.14. The van der Waals surface area contributed by atoms with Crippen LogP contribution in [0.1, 0.15) is 15.9 Å². The zero-order valence-electron chi connectivity index (χ0n) is 11.5. The molecule has 0 radical (unpaired) electrons. The zero-order chi connectivity index (χ0) is 14.8. The summed E-state index contributed by atoms with van der Waals surface area (Å²) in [6, 6.07) is 12.9. The van der Waals surface area contributed by atoms with Crippen LogP contribution in [0.15, 0.2) is 48.7 Å². The van der Waals surface area contributed by atoms with E-state index in [1.807, 2.05) is 31.2 Å². The Morgan fingerprint density at radius 3 is 2.81 bits per heavy atom. The van der Waals surface area contributed by atoms with E-state index in [1.54, 1.807) is 24.4 Å². The van der Waals surface area contributed by atoms with E-state index in [0.29, 0.717) is 11.5 Å². The number of carbonyl (C=O) groups is 1. The molecule has 5 heteroatoms. The first-order valence-electron chi connectivity index (χ1n) is 6.53. The summed E-state index contributed by atoms with van der Waals surface area (Å²) >= 11 is 0. The molecule has 3 rings (SSSR count). The summed E-state index contributed by atoms with van der Waals surface area (Å²) in [5, 5.41) is 4.08. The lowest BCUT2D eigenvalue weighted by atomic mass is 10.1. The van der Waals surface area contributed by atoms with E-state index in [1.165, 1.54) is 0 Å². The first-order chi connectivity index (χ1) is 10.1. The topological polar surface area (TPSA) is 80.9 Å². The second-order valence-electron chi connectivity index (χ2n) is 4.78. The number of para-hydroxylation sites is 1. The maximum absolute atomic E-state index is 11.2. The van der Waals surface area contributed by atoms with Gasteiger partial charge >= 0.3 is 0 Å². The van der Waals surface area contributed by atoms with Gasteiger partial charge in [0.05, 0.1) is 5.52 Å². The second kappa shape index (κ2) is 5.20. The highest BCUT2D eigenvalue weighted by molar-refractivity contribution is 5.93. The van der Waals surface area contributed by atoms with Gasteiger partial charge in [-0.25, -0.2) is 9.97 Å². The standard InChI is InChI=1S/C16H14N4O/c1-10-4-2-6-12-9-18-16(20-14(10)12)19-13-7-3-5-11(8-13)15(17)21/h2-9H,1H3,(H2,17,21)(H,18,19,20). The average Bonchev–Trinajstić information content (AvgIpc) is 2.48. The molecule has 0 saturated carbocycles. The van der Waals surface area contributed by atoms with E-state index in [4.69, 9.17) is 5.73 Å². The van der Waals surface area contributed by atoms with Crippen LogP contribution in [0.3, 0.4) is 0 Å². The van der Waals surface area contributed by atoms with Crippen LogP contribution < -0.4 is 11.1 Å². The second-order valence-corrected chi connectivity index (χ2v) is 4.78. The predicted molar refractivity (Wildman–Crippen MR) is 82.5 cm³/mol. The Hall–Kier alpha value is -2.95. The molecule has 0 bridgehead atoms. The number of anilines is 2. The van der Waals surface area contributed by atoms with Gasteiger partial charge in [0.25, 0.3) is 0 Å². The first kappa shape index (κ1) is 13.1. The van der Waals surface area contributed by atoms with E-state index >= 15 is 0 Å². The Morgan fingerprint density at radius 2 is 2.00 bits per heavy atom. The van der Waals surface area contributed by atoms with Crippen LogP contribution in [0.4, 0.5) is 11.6 Å². The number of fused-ring (bicyclic) bond motifs is 1. The van der Waals surface area contributed by atoms with E-state index in [0.717, 1.165) is 22.2 Å². The van der Waals surface area contributed by atoms with Gasteiger partial charge in [-0.2, -0.15) is 0 Å². The number of rotatable bonds is 3. The number of primary amides is 1. The summed E-state index contributed by atoms with van der Waals surface area (Å²) in [6.45, 7) is 2.01. The summed E-state index contributed by atoms with van der Waals surface area (Å²) in [4.78, 5) is 20.0. The molecule has 0 aliphatic heterocycles. The van der Waals surface area contributed by atoms with Crippen molar-refractivity contribution in [2.75, 3.05) is 5.32 Å². The lowest BCUT2D eigenvalue weighted by molar-refractivity contribution is 0.100. The molecule has 5 nitrogen and oxygen atoms in total. The molecule has 0 saturated heterocycles. The molecule has 104 valence electrons. The molecular formula is C16H14N4O. The van der Waals surface area contributed by atoms with Crippen molar-refractivity contribution in [3.05, 3.63) is 59.8 Å². The molecule has 0 unspecified atom stereocenters. The minimum absolute atomic E-state index is 0.442. The zero-order valence-corrected chi connectivity index (χ0v) is 11.5. The number of benzene rings is 2. The summed E-state index contributed by atoms with van der Waals surface area (Å²) in [7, 11) is 0. The fraction of sp³-hybridized carbons (Fsp3) is 0.0625. The van der Waals surface area contributed by atoms with Crippen LogP contribution in [0.2, 0.25) is 0 Å². The number of carbonyl (C=O) groups excluding carboxylic acids is 1. The van der Waals surface area contributed by atoms with Crippen molar-refractivity contribution in [3.8, 4) is 0 Å². The van der Waals surface area contributed by atoms with Gasteiger partial charge in [-0.15, -0.1) is 0 Å². The van der Waals surface area contributed by atoms with Gasteiger partial charge in [-0.3, -0.25) is 4.79 Å². The maximum atomic E-state index is 11.2. The van der Waals surface area contributed by atoms with Gasteiger partial charge < -0.3 is 11.1 Å². The van der Waals surface area contributed by atoms with Crippen molar-refractivity contribution < 1.29 is 4.79 Å². The van der Waals surface area contributed by atoms with E-state index in [-0.39, 0.29) is 0 Å². The van der Waals surface area contributed by atoms with Crippen molar-refractivity contribution in [3.63, 3.8) is 0 Å². The minimum atomic E-state index is -0.464. The molecule has 0 spiro atoms. The van der Waals surface area contributed by atoms with Gasteiger partial charge in [0.2, 0.25) is 11.9 Å². The third-order valence-electron chi connectivity index (χ3n) is 3.22. The number of aryl methyl sites for hydroxylation is 1. The number of hydrogen-bond acceptors (Lipinski definition) is 4. The molecule has 21 heavy (non-hydrogen) atoms. The first-order valence-corrected chi connectivity index (χ1v) is 6.53. The number of amides is 1. The van der Waals surface area contributed by atoms with E-state index < -0.39 is 5.91 Å². The van der Waals surface area contributed by atoms with Crippen molar-refractivity contribution in [2.45, 2.75) is 6.92 Å². The van der Waals surface area contributed by atoms with Crippen LogP contribution in [0, 0.1) is 6.92 Å². The van der Waals surface area contributed by atoms with Crippen LogP contribution in [-0.4, -0.2) is 15.9 Å². The Balaban J connectivity index is 1.96. The van der Waals surface area contributed by atoms with Crippen molar-refractivity contribution in [1.82, 2.24) is 9.97 Å². The normalized spacial score (nSPS) is 10.5. The number of nitrogens with two attached hydrogens (primary N) is 1. The summed E-state index contributed by atoms with van der Waals surface area (Å²) in [6.07, 6.45) is 1.77. The third-order valence-corrected chi connectivity index (χ3v) is 3.22. The van der Waals surface area contributed by atoms with Gasteiger partial charge in [0, 0.05) is 22.8 Å². The van der Waals surface area contributed by atoms with Gasteiger partial charge in [0.1, 0.15) is 0 Å². The van der Waals surface area contributed by atoms with Crippen LogP contribution >= 0.6 is 0 Å². The summed E-state index contributed by atoms with van der Waals surface area (Å²) < 4.78 is 0. The number of nitrogens with one attached hydrogen (secondary N) is 1. The van der Waals surface area contributed by atoms with Crippen LogP contribution in [-0.2, 0) is 0 Å². The monoisotopic (exact) mass is 278 g/mol. The predicted octanol–water partition coefficient (Wildman–Crippen LogP) is 2.78. The third kappa shape index (κ3) is 2.67. The Labute approximate surface area is 121 Å². The molecule has 0 aliphatic rings. The molecule has 1 amide bonds. The Morgan fingerprint density at radius 1 is 1.19 bits per heavy atom. The molecule has 2 aromatic carbocycles. The van der Waals surface area contributed by atoms with Crippen molar-refractivity contribution >= 4 is 28.4 Å². The highest BCUT2D eigenvalue weighted by Gasteiger charge is 2.05. The largest absolute Gasteiger partial charge is 0.366 e. The number of aromatic nitrogens is 2. The Bertz CT molecular complexity index is 829. The number of hydrogen-bond donors (Lipinski definition) is 2. The Kier molecular flexibility index (Phi) is 3.23. The molecule has 0 aliphatic carbocycles. The van der Waals surface area contributed by atoms with Crippen LogP contribution in [0.5, 0.6) is 0 Å². The van der Waals surface area contributed by atoms with Gasteiger partial charge in [-0.1, -0.05) is 24.3 Å². The maximum Gasteiger partial charge on any atom is 0.248 e. The lowest BCUT2D eigenvalue weighted by Crippen LogP contribution is -2.11. The average molecular weight is 278 g/mol. The van der Waals surface area contributed by atoms with Crippen molar-refractivity contribution in [1.29, 1.82) is 0 Å². The highest BCUT2D eigenvalue weighted by atomic mass is 16.1. The van der Waals surface area contributed by atoms with E-state index in [2.05, 4.69) is 15.3 Å². The lowest BCUT2D eigenvalue weighted by Gasteiger charge is -2.07. The molecule has 3 N–H and O–H groups in total. The molecule has 3 aromatic rings. The van der Waals surface area contributed by atoms with E-state index in [9.17, 15) is 4.79 Å². The molecular weight excluding hydrogens is 264 g/mol. The highest BCUT2D eigenvalue weighted by Crippen LogP contribution is 2.19. The number of nitrogens with zero attached hydrogens (tertiary/aromatic N) is 2. The molecule has 1 aromatic heterocycles. The fourth-order valence-corrected chi connectivity index (χ4v) is 2.14. The molecule has 1 heterocycles. The summed E-state index contributed by atoms with van der Waals surface area (Å²) in [5.41, 5.74) is 8.43. The van der Waals surface area contributed by atoms with Gasteiger partial charge in [-0.05, 0) is 30.7 Å². The van der Waals surface area contributed by atoms with Gasteiger partial charge in [0.15, 0.2) is 0 Å². The summed E-state index contributed by atoms with van der Waals surface area (Å²) in [5.74, 6) is 0.0207. The smallest absolute Gasteiger partial charge is 0.248 e.